The summed E-state index contributed by atoms with van der Waals surface area (Å²) in [5.74, 6) is 0.318. The lowest BCUT2D eigenvalue weighted by Crippen LogP contribution is -2.48. The molecular formula is C16H24N2O. The summed E-state index contributed by atoms with van der Waals surface area (Å²) in [5, 5.41) is 0. The highest BCUT2D eigenvalue weighted by Crippen LogP contribution is 2.22. The van der Waals surface area contributed by atoms with Crippen molar-refractivity contribution in [3.63, 3.8) is 0 Å². The molecule has 3 heteroatoms. The molecule has 0 aromatic heterocycles. The number of rotatable bonds is 4. The maximum atomic E-state index is 12.4. The van der Waals surface area contributed by atoms with Crippen LogP contribution >= 0.6 is 0 Å². The van der Waals surface area contributed by atoms with E-state index in [0.717, 1.165) is 25.8 Å². The molecule has 0 radical (unpaired) electrons. The molecule has 1 saturated heterocycles. The van der Waals surface area contributed by atoms with Crippen LogP contribution in [0.5, 0.6) is 0 Å². The third-order valence-corrected chi connectivity index (χ3v) is 3.98. The maximum Gasteiger partial charge on any atom is 0.240 e. The van der Waals surface area contributed by atoms with E-state index in [1.165, 1.54) is 5.56 Å². The first-order valence-electron chi connectivity index (χ1n) is 7.19. The molecule has 1 fully saturated rings. The Morgan fingerprint density at radius 2 is 2.05 bits per heavy atom. The van der Waals surface area contributed by atoms with Crippen molar-refractivity contribution in [2.45, 2.75) is 45.2 Å². The van der Waals surface area contributed by atoms with Gasteiger partial charge in [0.15, 0.2) is 0 Å². The molecule has 1 amide bonds. The Labute approximate surface area is 115 Å². The van der Waals surface area contributed by atoms with E-state index >= 15 is 0 Å². The minimum atomic E-state index is -0.364. The van der Waals surface area contributed by atoms with Crippen LogP contribution in [0.4, 0.5) is 0 Å². The predicted molar refractivity (Wildman–Crippen MR) is 77.7 cm³/mol. The monoisotopic (exact) mass is 260 g/mol. The zero-order valence-electron chi connectivity index (χ0n) is 11.9. The van der Waals surface area contributed by atoms with Gasteiger partial charge >= 0.3 is 0 Å². The van der Waals surface area contributed by atoms with E-state index in [4.69, 9.17) is 5.73 Å². The zero-order valence-corrected chi connectivity index (χ0v) is 11.9. The average molecular weight is 260 g/mol. The van der Waals surface area contributed by atoms with Crippen molar-refractivity contribution in [1.82, 2.24) is 4.90 Å². The molecule has 1 heterocycles. The van der Waals surface area contributed by atoms with Crippen LogP contribution in [0.25, 0.3) is 0 Å². The fourth-order valence-corrected chi connectivity index (χ4v) is 2.70. The minimum Gasteiger partial charge on any atom is -0.338 e. The van der Waals surface area contributed by atoms with Gasteiger partial charge in [-0.05, 0) is 30.7 Å². The number of carbonyl (C=O) groups excluding carboxylic acids is 1. The van der Waals surface area contributed by atoms with Crippen LogP contribution in [0.2, 0.25) is 0 Å². The van der Waals surface area contributed by atoms with Gasteiger partial charge in [-0.2, -0.15) is 0 Å². The van der Waals surface area contributed by atoms with Gasteiger partial charge < -0.3 is 10.6 Å². The summed E-state index contributed by atoms with van der Waals surface area (Å²) in [6, 6.07) is 10.3. The van der Waals surface area contributed by atoms with E-state index in [0.29, 0.717) is 6.04 Å². The number of nitrogens with zero attached hydrogens (tertiary/aromatic N) is 1. The first kappa shape index (κ1) is 14.1. The number of amides is 1. The Kier molecular flexibility index (Phi) is 4.59. The van der Waals surface area contributed by atoms with Gasteiger partial charge in [-0.15, -0.1) is 0 Å². The molecule has 2 N–H and O–H groups in total. The number of carbonyl (C=O) groups is 1. The molecule has 0 saturated carbocycles. The molecule has 1 aromatic carbocycles. The van der Waals surface area contributed by atoms with Crippen LogP contribution in [0.1, 0.15) is 32.3 Å². The van der Waals surface area contributed by atoms with Crippen LogP contribution in [0.15, 0.2) is 30.3 Å². The highest BCUT2D eigenvalue weighted by Gasteiger charge is 2.32. The van der Waals surface area contributed by atoms with Gasteiger partial charge in [-0.25, -0.2) is 0 Å². The molecule has 1 aliphatic rings. The third-order valence-electron chi connectivity index (χ3n) is 3.98. The lowest BCUT2D eigenvalue weighted by Gasteiger charge is -2.29. The second-order valence-electron chi connectivity index (χ2n) is 5.79. The molecule has 0 spiro atoms. The molecular weight excluding hydrogens is 236 g/mol. The highest BCUT2D eigenvalue weighted by molar-refractivity contribution is 5.82. The normalized spacial score (nSPS) is 20.8. The maximum absolute atomic E-state index is 12.4. The van der Waals surface area contributed by atoms with Crippen LogP contribution in [0.3, 0.4) is 0 Å². The standard InChI is InChI=1S/C16H24N2O/c1-12(2)15(17)16(19)18-10-6-9-14(18)11-13-7-4-3-5-8-13/h3-5,7-8,12,14-15H,6,9-11,17H2,1-2H3. The lowest BCUT2D eigenvalue weighted by molar-refractivity contribution is -0.134. The van der Waals surface area contributed by atoms with Crippen molar-refractivity contribution in [2.75, 3.05) is 6.54 Å². The number of benzene rings is 1. The van der Waals surface area contributed by atoms with Crippen LogP contribution in [0, 0.1) is 5.92 Å². The van der Waals surface area contributed by atoms with E-state index < -0.39 is 0 Å². The van der Waals surface area contributed by atoms with E-state index in [1.54, 1.807) is 0 Å². The molecule has 2 unspecified atom stereocenters. The summed E-state index contributed by atoms with van der Waals surface area (Å²) in [7, 11) is 0. The van der Waals surface area contributed by atoms with Gasteiger partial charge in [0.05, 0.1) is 6.04 Å². The largest absolute Gasteiger partial charge is 0.338 e. The Balaban J connectivity index is 2.03. The van der Waals surface area contributed by atoms with Crippen molar-refractivity contribution >= 4 is 5.91 Å². The van der Waals surface area contributed by atoms with Crippen molar-refractivity contribution in [3.8, 4) is 0 Å². The average Bonchev–Trinajstić information content (AvgIpc) is 2.86. The van der Waals surface area contributed by atoms with Crippen LogP contribution in [-0.2, 0) is 11.2 Å². The van der Waals surface area contributed by atoms with Gasteiger partial charge in [0.1, 0.15) is 0 Å². The molecule has 3 nitrogen and oxygen atoms in total. The first-order valence-corrected chi connectivity index (χ1v) is 7.19. The smallest absolute Gasteiger partial charge is 0.240 e. The Morgan fingerprint density at radius 1 is 1.37 bits per heavy atom. The minimum absolute atomic E-state index is 0.119. The topological polar surface area (TPSA) is 46.3 Å². The molecule has 1 aliphatic heterocycles. The number of nitrogens with two attached hydrogens (primary N) is 1. The van der Waals surface area contributed by atoms with E-state index in [1.807, 2.05) is 24.8 Å². The second kappa shape index (κ2) is 6.20. The fraction of sp³-hybridized carbons (Fsp3) is 0.562. The highest BCUT2D eigenvalue weighted by atomic mass is 16.2. The van der Waals surface area contributed by atoms with Gasteiger partial charge in [0, 0.05) is 12.6 Å². The zero-order chi connectivity index (χ0) is 13.8. The predicted octanol–water partition coefficient (Wildman–Crippen LogP) is 2.20. The Bertz CT molecular complexity index is 416. The Hall–Kier alpha value is -1.35. The Morgan fingerprint density at radius 3 is 2.68 bits per heavy atom. The van der Waals surface area contributed by atoms with Crippen molar-refractivity contribution in [3.05, 3.63) is 35.9 Å². The summed E-state index contributed by atoms with van der Waals surface area (Å²) >= 11 is 0. The van der Waals surface area contributed by atoms with Gasteiger partial charge in [-0.1, -0.05) is 44.2 Å². The number of hydrogen-bond acceptors (Lipinski definition) is 2. The summed E-state index contributed by atoms with van der Waals surface area (Å²) in [5.41, 5.74) is 7.30. The third kappa shape index (κ3) is 3.35. The lowest BCUT2D eigenvalue weighted by atomic mass is 10.0. The van der Waals surface area contributed by atoms with E-state index in [-0.39, 0.29) is 17.9 Å². The van der Waals surface area contributed by atoms with Crippen LogP contribution in [-0.4, -0.2) is 29.4 Å². The second-order valence-corrected chi connectivity index (χ2v) is 5.79. The van der Waals surface area contributed by atoms with Gasteiger partial charge in [-0.3, -0.25) is 4.79 Å². The summed E-state index contributed by atoms with van der Waals surface area (Å²) < 4.78 is 0. The summed E-state index contributed by atoms with van der Waals surface area (Å²) in [4.78, 5) is 14.4. The SMILES string of the molecule is CC(C)C(N)C(=O)N1CCCC1Cc1ccccc1. The molecule has 2 rings (SSSR count). The van der Waals surface area contributed by atoms with Crippen molar-refractivity contribution < 1.29 is 4.79 Å². The molecule has 0 bridgehead atoms. The fourth-order valence-electron chi connectivity index (χ4n) is 2.70. The van der Waals surface area contributed by atoms with E-state index in [2.05, 4.69) is 24.3 Å². The molecule has 2 atom stereocenters. The van der Waals surface area contributed by atoms with Crippen molar-refractivity contribution in [1.29, 1.82) is 0 Å². The first-order chi connectivity index (χ1) is 9.09. The van der Waals surface area contributed by atoms with Gasteiger partial charge in [0.25, 0.3) is 0 Å². The molecule has 0 aliphatic carbocycles. The van der Waals surface area contributed by atoms with Crippen LogP contribution < -0.4 is 5.73 Å². The molecule has 104 valence electrons. The molecule has 1 aromatic rings. The van der Waals surface area contributed by atoms with E-state index in [9.17, 15) is 4.79 Å². The number of likely N-dealkylation sites (tertiary alicyclic amines) is 1. The quantitative estimate of drug-likeness (QED) is 0.902. The molecule has 19 heavy (non-hydrogen) atoms. The van der Waals surface area contributed by atoms with Gasteiger partial charge in [0.2, 0.25) is 5.91 Å². The van der Waals surface area contributed by atoms with Crippen molar-refractivity contribution in [2.24, 2.45) is 11.7 Å². The summed E-state index contributed by atoms with van der Waals surface area (Å²) in [6.07, 6.45) is 3.12. The summed E-state index contributed by atoms with van der Waals surface area (Å²) in [6.45, 7) is 4.87. The number of hydrogen-bond donors (Lipinski definition) is 1.